The lowest BCUT2D eigenvalue weighted by atomic mass is 9.92. The van der Waals surface area contributed by atoms with Gasteiger partial charge in [-0.05, 0) is 25.1 Å². The molecule has 3 N–H and O–H groups in total. The summed E-state index contributed by atoms with van der Waals surface area (Å²) in [6, 6.07) is 18.7. The van der Waals surface area contributed by atoms with Gasteiger partial charge in [0.15, 0.2) is 0 Å². The normalized spacial score (nSPS) is 12.8. The van der Waals surface area contributed by atoms with E-state index in [4.69, 9.17) is 5.73 Å². The first kappa shape index (κ1) is 18.9. The highest BCUT2D eigenvalue weighted by Gasteiger charge is 2.25. The maximum atomic E-state index is 6.49. The molecule has 2 nitrogen and oxygen atoms in total. The summed E-state index contributed by atoms with van der Waals surface area (Å²) in [5.41, 5.74) is 9.56. The maximum Gasteiger partial charge on any atom is 0.0963 e. The van der Waals surface area contributed by atoms with Gasteiger partial charge in [-0.2, -0.15) is 0 Å². The molecule has 0 aliphatic heterocycles. The largest absolute Gasteiger partial charge is 0.309 e. The molecule has 2 aromatic carbocycles. The number of hydrogen-bond donors (Lipinski definition) is 2. The van der Waals surface area contributed by atoms with E-state index in [0.717, 1.165) is 12.0 Å². The third kappa shape index (κ3) is 4.50. The van der Waals surface area contributed by atoms with Gasteiger partial charge in [0.25, 0.3) is 0 Å². The zero-order valence-electron chi connectivity index (χ0n) is 11.8. The molecule has 0 aliphatic rings. The Hall–Kier alpha value is -1.06. The van der Waals surface area contributed by atoms with Gasteiger partial charge < -0.3 is 5.73 Å². The van der Waals surface area contributed by atoms with Gasteiger partial charge in [0.1, 0.15) is 0 Å². The van der Waals surface area contributed by atoms with Gasteiger partial charge in [-0.15, -0.1) is 24.8 Å². The molecule has 0 aliphatic carbocycles. The minimum Gasteiger partial charge on any atom is -0.309 e. The zero-order chi connectivity index (χ0) is 13.0. The molecule has 0 saturated carbocycles. The van der Waals surface area contributed by atoms with Crippen molar-refractivity contribution in [1.29, 1.82) is 0 Å². The van der Waals surface area contributed by atoms with Crippen LogP contribution in [-0.2, 0) is 12.1 Å². The molecule has 110 valence electrons. The third-order valence-electron chi connectivity index (χ3n) is 3.34. The molecule has 20 heavy (non-hydrogen) atoms. The molecule has 1 unspecified atom stereocenters. The van der Waals surface area contributed by atoms with Crippen LogP contribution in [0.3, 0.4) is 0 Å². The van der Waals surface area contributed by atoms with E-state index in [1.807, 2.05) is 25.2 Å². The predicted molar refractivity (Wildman–Crippen MR) is 90.7 cm³/mol. The molecule has 0 radical (unpaired) electrons. The molecule has 0 heterocycles. The van der Waals surface area contributed by atoms with E-state index in [0.29, 0.717) is 0 Å². The van der Waals surface area contributed by atoms with Gasteiger partial charge in [0.2, 0.25) is 0 Å². The van der Waals surface area contributed by atoms with Crippen LogP contribution in [0.2, 0.25) is 0 Å². The van der Waals surface area contributed by atoms with Gasteiger partial charge >= 0.3 is 0 Å². The Morgan fingerprint density at radius 3 is 2.00 bits per heavy atom. The number of aryl methyl sites for hydroxylation is 1. The monoisotopic (exact) mass is 312 g/mol. The second-order valence-corrected chi connectivity index (χ2v) is 4.75. The van der Waals surface area contributed by atoms with Crippen molar-refractivity contribution in [3.63, 3.8) is 0 Å². The van der Waals surface area contributed by atoms with E-state index in [9.17, 15) is 0 Å². The summed E-state index contributed by atoms with van der Waals surface area (Å²) in [4.78, 5) is 0. The molecular weight excluding hydrogens is 291 g/mol. The van der Waals surface area contributed by atoms with E-state index in [1.54, 1.807) is 0 Å². The minimum absolute atomic E-state index is 0. The smallest absolute Gasteiger partial charge is 0.0963 e. The van der Waals surface area contributed by atoms with Crippen LogP contribution in [0.15, 0.2) is 54.6 Å². The Balaban J connectivity index is 0.00000180. The highest BCUT2D eigenvalue weighted by molar-refractivity contribution is 5.85. The molecule has 0 aromatic heterocycles. The van der Waals surface area contributed by atoms with Crippen LogP contribution in [0, 0.1) is 6.92 Å². The topological polar surface area (TPSA) is 38.0 Å². The van der Waals surface area contributed by atoms with Crippen LogP contribution in [0.5, 0.6) is 0 Å². The molecule has 0 saturated heterocycles. The van der Waals surface area contributed by atoms with Crippen molar-refractivity contribution in [2.24, 2.45) is 5.73 Å². The number of likely N-dealkylation sites (N-methyl/N-ethyl adjacent to an activating group) is 1. The van der Waals surface area contributed by atoms with E-state index in [1.165, 1.54) is 11.1 Å². The van der Waals surface area contributed by atoms with E-state index in [2.05, 4.69) is 48.6 Å². The number of benzene rings is 2. The average Bonchev–Trinajstić information content (AvgIpc) is 2.40. The number of nitrogens with two attached hydrogens (primary N) is 1. The molecule has 0 spiro atoms. The maximum absolute atomic E-state index is 6.49. The summed E-state index contributed by atoms with van der Waals surface area (Å²) in [6.07, 6.45) is 0.771. The molecular formula is C16H22Cl2N2. The second kappa shape index (κ2) is 8.28. The fourth-order valence-electron chi connectivity index (χ4n) is 2.10. The van der Waals surface area contributed by atoms with Gasteiger partial charge in [0, 0.05) is 6.42 Å². The number of nitrogens with one attached hydrogen (secondary N) is 1. The SMILES string of the molecule is CNC(N)(Cc1ccccc1)c1ccc(C)cc1.Cl.Cl. The molecule has 0 amide bonds. The summed E-state index contributed by atoms with van der Waals surface area (Å²) in [6.45, 7) is 2.08. The Morgan fingerprint density at radius 2 is 1.50 bits per heavy atom. The number of hydrogen-bond acceptors (Lipinski definition) is 2. The standard InChI is InChI=1S/C16H20N2.2ClH/c1-13-8-10-15(11-9-13)16(17,18-2)12-14-6-4-3-5-7-14;;/h3-11,18H,12,17H2,1-2H3;2*1H. The van der Waals surface area contributed by atoms with Crippen molar-refractivity contribution >= 4 is 24.8 Å². The molecule has 2 aromatic rings. The number of halogens is 2. The predicted octanol–water partition coefficient (Wildman–Crippen LogP) is 3.41. The van der Waals surface area contributed by atoms with Crippen molar-refractivity contribution < 1.29 is 0 Å². The van der Waals surface area contributed by atoms with Crippen molar-refractivity contribution in [3.8, 4) is 0 Å². The van der Waals surface area contributed by atoms with Crippen LogP contribution in [0.1, 0.15) is 16.7 Å². The van der Waals surface area contributed by atoms with Gasteiger partial charge in [-0.1, -0.05) is 60.2 Å². The first-order valence-corrected chi connectivity index (χ1v) is 6.23. The highest BCUT2D eigenvalue weighted by atomic mass is 35.5. The van der Waals surface area contributed by atoms with Crippen molar-refractivity contribution in [3.05, 3.63) is 71.3 Å². The van der Waals surface area contributed by atoms with Gasteiger partial charge in [-0.25, -0.2) is 0 Å². The zero-order valence-corrected chi connectivity index (χ0v) is 13.4. The van der Waals surface area contributed by atoms with Crippen LogP contribution in [0.25, 0.3) is 0 Å². The molecule has 1 atom stereocenters. The third-order valence-corrected chi connectivity index (χ3v) is 3.34. The minimum atomic E-state index is -0.519. The Labute approximate surface area is 133 Å². The van der Waals surface area contributed by atoms with E-state index >= 15 is 0 Å². The van der Waals surface area contributed by atoms with Crippen LogP contribution >= 0.6 is 24.8 Å². The van der Waals surface area contributed by atoms with Gasteiger partial charge in [0.05, 0.1) is 5.66 Å². The molecule has 4 heteroatoms. The quantitative estimate of drug-likeness (QED) is 0.849. The lowest BCUT2D eigenvalue weighted by Gasteiger charge is -2.30. The Bertz CT molecular complexity index is 500. The van der Waals surface area contributed by atoms with Crippen LogP contribution < -0.4 is 11.1 Å². The summed E-state index contributed by atoms with van der Waals surface area (Å²) in [7, 11) is 1.91. The number of rotatable bonds is 4. The van der Waals surface area contributed by atoms with Crippen molar-refractivity contribution in [2.45, 2.75) is 19.0 Å². The Morgan fingerprint density at radius 1 is 0.950 bits per heavy atom. The summed E-state index contributed by atoms with van der Waals surface area (Å²) in [5.74, 6) is 0. The fourth-order valence-corrected chi connectivity index (χ4v) is 2.10. The summed E-state index contributed by atoms with van der Waals surface area (Å²) in [5, 5.41) is 3.24. The fraction of sp³-hybridized carbons (Fsp3) is 0.250. The van der Waals surface area contributed by atoms with Crippen molar-refractivity contribution in [2.75, 3.05) is 7.05 Å². The van der Waals surface area contributed by atoms with Crippen molar-refractivity contribution in [1.82, 2.24) is 5.32 Å². The van der Waals surface area contributed by atoms with Crippen LogP contribution in [0.4, 0.5) is 0 Å². The van der Waals surface area contributed by atoms with Crippen LogP contribution in [-0.4, -0.2) is 7.05 Å². The lowest BCUT2D eigenvalue weighted by molar-refractivity contribution is 0.372. The molecule has 2 rings (SSSR count). The molecule has 0 fully saturated rings. The lowest BCUT2D eigenvalue weighted by Crippen LogP contribution is -2.50. The first-order valence-electron chi connectivity index (χ1n) is 6.23. The van der Waals surface area contributed by atoms with Gasteiger partial charge in [-0.3, -0.25) is 5.32 Å². The second-order valence-electron chi connectivity index (χ2n) is 4.75. The summed E-state index contributed by atoms with van der Waals surface area (Å²) < 4.78 is 0. The first-order chi connectivity index (χ1) is 8.64. The average molecular weight is 313 g/mol. The van der Waals surface area contributed by atoms with E-state index in [-0.39, 0.29) is 24.8 Å². The van der Waals surface area contributed by atoms with E-state index < -0.39 is 5.66 Å². The Kier molecular flexibility index (Phi) is 7.84. The summed E-state index contributed by atoms with van der Waals surface area (Å²) >= 11 is 0. The highest BCUT2D eigenvalue weighted by Crippen LogP contribution is 2.20. The molecule has 0 bridgehead atoms.